The van der Waals surface area contributed by atoms with Crippen LogP contribution in [0, 0.1) is 0 Å². The SMILES string of the molecule is CCOc1ccc(CC(=O)Nc2cc(-c3ccco3)nn2C2NC(=O)CC(c3ccccc3)N2)cc1. The lowest BCUT2D eigenvalue weighted by molar-refractivity contribution is -0.125. The van der Waals surface area contributed by atoms with Crippen LogP contribution >= 0.6 is 0 Å². The largest absolute Gasteiger partial charge is 0.494 e. The number of hydrogen-bond acceptors (Lipinski definition) is 6. The molecule has 9 heteroatoms. The van der Waals surface area contributed by atoms with Crippen LogP contribution in [0.1, 0.15) is 36.8 Å². The van der Waals surface area contributed by atoms with E-state index >= 15 is 0 Å². The van der Waals surface area contributed by atoms with Crippen LogP contribution in [0.15, 0.2) is 83.5 Å². The predicted octanol–water partition coefficient (Wildman–Crippen LogP) is 4.03. The van der Waals surface area contributed by atoms with Gasteiger partial charge in [0.2, 0.25) is 11.8 Å². The van der Waals surface area contributed by atoms with E-state index in [0.29, 0.717) is 30.3 Å². The van der Waals surface area contributed by atoms with Crippen molar-refractivity contribution in [3.8, 4) is 17.2 Å². The van der Waals surface area contributed by atoms with Crippen molar-refractivity contribution in [2.45, 2.75) is 32.1 Å². The molecule has 1 saturated heterocycles. The molecule has 0 radical (unpaired) electrons. The minimum atomic E-state index is -0.666. The summed E-state index contributed by atoms with van der Waals surface area (Å²) in [5.74, 6) is 1.42. The van der Waals surface area contributed by atoms with Crippen LogP contribution in [0.4, 0.5) is 5.82 Å². The van der Waals surface area contributed by atoms with Gasteiger partial charge >= 0.3 is 0 Å². The first-order valence-corrected chi connectivity index (χ1v) is 11.8. The second kappa shape index (κ2) is 10.5. The van der Waals surface area contributed by atoms with E-state index in [2.05, 4.69) is 21.0 Å². The number of hydrogen-bond donors (Lipinski definition) is 3. The monoisotopic (exact) mass is 485 g/mol. The van der Waals surface area contributed by atoms with Crippen molar-refractivity contribution in [3.05, 3.63) is 90.2 Å². The summed E-state index contributed by atoms with van der Waals surface area (Å²) in [7, 11) is 0. The molecule has 2 atom stereocenters. The standard InChI is InChI=1S/C27H27N5O4/c1-2-35-20-12-10-18(11-13-20)15-25(33)29-24-16-22(23-9-6-14-36-23)31-32(24)27-28-21(17-26(34)30-27)19-7-4-3-5-8-19/h3-14,16,21,27-28H,2,15,17H2,1H3,(H,29,33)(H,30,34). The van der Waals surface area contributed by atoms with Gasteiger partial charge in [-0.25, -0.2) is 4.68 Å². The molecule has 3 N–H and O–H groups in total. The number of anilines is 1. The van der Waals surface area contributed by atoms with Gasteiger partial charge < -0.3 is 19.8 Å². The van der Waals surface area contributed by atoms with Crippen LogP contribution in [0.5, 0.6) is 5.75 Å². The van der Waals surface area contributed by atoms with Crippen LogP contribution in [0.25, 0.3) is 11.5 Å². The first-order valence-electron chi connectivity index (χ1n) is 11.8. The molecule has 3 heterocycles. The third kappa shape index (κ3) is 5.31. The van der Waals surface area contributed by atoms with Crippen LogP contribution in [0.3, 0.4) is 0 Å². The fourth-order valence-electron chi connectivity index (χ4n) is 4.19. The predicted molar refractivity (Wildman–Crippen MR) is 134 cm³/mol. The third-order valence-corrected chi connectivity index (χ3v) is 5.87. The van der Waals surface area contributed by atoms with Gasteiger partial charge in [-0.1, -0.05) is 42.5 Å². The lowest BCUT2D eigenvalue weighted by Crippen LogP contribution is -2.50. The molecule has 4 aromatic rings. The lowest BCUT2D eigenvalue weighted by atomic mass is 10.0. The summed E-state index contributed by atoms with van der Waals surface area (Å²) in [5, 5.41) is 13.9. The molecule has 36 heavy (non-hydrogen) atoms. The maximum Gasteiger partial charge on any atom is 0.229 e. The number of ether oxygens (including phenoxy) is 1. The van der Waals surface area contributed by atoms with Crippen molar-refractivity contribution in [2.24, 2.45) is 0 Å². The average Bonchev–Trinajstić information content (AvgIpc) is 3.56. The van der Waals surface area contributed by atoms with Gasteiger partial charge in [0.1, 0.15) is 17.3 Å². The summed E-state index contributed by atoms with van der Waals surface area (Å²) in [5.41, 5.74) is 2.38. The van der Waals surface area contributed by atoms with Gasteiger partial charge in [-0.05, 0) is 42.3 Å². The second-order valence-corrected chi connectivity index (χ2v) is 8.44. The molecular formula is C27H27N5O4. The summed E-state index contributed by atoms with van der Waals surface area (Å²) >= 11 is 0. The summed E-state index contributed by atoms with van der Waals surface area (Å²) < 4.78 is 12.6. The van der Waals surface area contributed by atoms with E-state index < -0.39 is 6.29 Å². The Morgan fingerprint density at radius 1 is 1.14 bits per heavy atom. The Labute approximate surface area is 208 Å². The normalized spacial score (nSPS) is 17.4. The number of nitrogens with zero attached hydrogens (tertiary/aromatic N) is 2. The molecule has 2 aromatic heterocycles. The van der Waals surface area contributed by atoms with Gasteiger partial charge in [0.25, 0.3) is 0 Å². The number of furan rings is 1. The maximum absolute atomic E-state index is 13.0. The summed E-state index contributed by atoms with van der Waals surface area (Å²) in [4.78, 5) is 25.6. The Balaban J connectivity index is 1.39. The number of nitrogens with one attached hydrogen (secondary N) is 3. The van der Waals surface area contributed by atoms with Crippen LogP contribution in [-0.4, -0.2) is 28.2 Å². The number of benzene rings is 2. The molecule has 0 saturated carbocycles. The Kier molecular flexibility index (Phi) is 6.81. The van der Waals surface area contributed by atoms with Gasteiger partial charge in [-0.3, -0.25) is 14.9 Å². The topological polar surface area (TPSA) is 110 Å². The first-order chi connectivity index (χ1) is 17.6. The van der Waals surface area contributed by atoms with Crippen LogP contribution in [0.2, 0.25) is 0 Å². The van der Waals surface area contributed by atoms with E-state index in [1.807, 2.05) is 61.5 Å². The molecule has 5 rings (SSSR count). The smallest absolute Gasteiger partial charge is 0.229 e. The Morgan fingerprint density at radius 2 is 1.94 bits per heavy atom. The van der Waals surface area contributed by atoms with E-state index in [9.17, 15) is 9.59 Å². The van der Waals surface area contributed by atoms with Crippen molar-refractivity contribution in [1.29, 1.82) is 0 Å². The molecule has 1 fully saturated rings. The van der Waals surface area contributed by atoms with E-state index in [1.54, 1.807) is 29.1 Å². The molecular weight excluding hydrogens is 458 g/mol. The van der Waals surface area contributed by atoms with Crippen molar-refractivity contribution in [3.63, 3.8) is 0 Å². The molecule has 0 spiro atoms. The van der Waals surface area contributed by atoms with Gasteiger partial charge in [-0.15, -0.1) is 0 Å². The molecule has 1 aliphatic rings. The van der Waals surface area contributed by atoms with Crippen molar-refractivity contribution in [1.82, 2.24) is 20.4 Å². The van der Waals surface area contributed by atoms with E-state index in [-0.39, 0.29) is 24.3 Å². The lowest BCUT2D eigenvalue weighted by Gasteiger charge is -2.32. The number of amides is 2. The number of aromatic nitrogens is 2. The van der Waals surface area contributed by atoms with Crippen molar-refractivity contribution < 1.29 is 18.7 Å². The molecule has 2 aromatic carbocycles. The molecule has 2 unspecified atom stereocenters. The Hall–Kier alpha value is -4.37. The quantitative estimate of drug-likeness (QED) is 0.348. The van der Waals surface area contributed by atoms with Gasteiger partial charge in [0, 0.05) is 18.5 Å². The third-order valence-electron chi connectivity index (χ3n) is 5.87. The minimum Gasteiger partial charge on any atom is -0.494 e. The van der Waals surface area contributed by atoms with Gasteiger partial charge in [-0.2, -0.15) is 5.10 Å². The van der Waals surface area contributed by atoms with Crippen LogP contribution < -0.4 is 20.7 Å². The highest BCUT2D eigenvalue weighted by atomic mass is 16.5. The molecule has 9 nitrogen and oxygen atoms in total. The molecule has 0 aliphatic carbocycles. The molecule has 1 aliphatic heterocycles. The molecule has 0 bridgehead atoms. The van der Waals surface area contributed by atoms with Crippen molar-refractivity contribution >= 4 is 17.6 Å². The fourth-order valence-corrected chi connectivity index (χ4v) is 4.19. The average molecular weight is 486 g/mol. The van der Waals surface area contributed by atoms with Crippen molar-refractivity contribution in [2.75, 3.05) is 11.9 Å². The minimum absolute atomic E-state index is 0.116. The Bertz CT molecular complexity index is 1320. The fraction of sp³-hybridized carbons (Fsp3) is 0.222. The summed E-state index contributed by atoms with van der Waals surface area (Å²) in [6.45, 7) is 2.51. The number of carbonyl (C=O) groups excluding carboxylic acids is 2. The zero-order chi connectivity index (χ0) is 24.9. The van der Waals surface area contributed by atoms with Gasteiger partial charge in [0.05, 0.1) is 19.3 Å². The molecule has 2 amide bonds. The number of rotatable bonds is 8. The summed E-state index contributed by atoms with van der Waals surface area (Å²) in [6, 6.07) is 22.3. The zero-order valence-electron chi connectivity index (χ0n) is 19.8. The highest BCUT2D eigenvalue weighted by Gasteiger charge is 2.30. The number of carbonyl (C=O) groups is 2. The highest BCUT2D eigenvalue weighted by Crippen LogP contribution is 2.28. The van der Waals surface area contributed by atoms with Gasteiger partial charge in [0.15, 0.2) is 12.0 Å². The zero-order valence-corrected chi connectivity index (χ0v) is 19.8. The highest BCUT2D eigenvalue weighted by molar-refractivity contribution is 5.92. The van der Waals surface area contributed by atoms with E-state index in [4.69, 9.17) is 9.15 Å². The van der Waals surface area contributed by atoms with E-state index in [1.165, 1.54) is 0 Å². The summed E-state index contributed by atoms with van der Waals surface area (Å²) in [6.07, 6.45) is 1.36. The van der Waals surface area contributed by atoms with E-state index in [0.717, 1.165) is 16.9 Å². The first kappa shape index (κ1) is 23.4. The maximum atomic E-state index is 13.0. The second-order valence-electron chi connectivity index (χ2n) is 8.44. The van der Waals surface area contributed by atoms with Crippen LogP contribution in [-0.2, 0) is 16.0 Å². The Morgan fingerprint density at radius 3 is 2.67 bits per heavy atom. The molecule has 184 valence electrons.